The lowest BCUT2D eigenvalue weighted by atomic mass is 9.95. The molecule has 3 aromatic rings. The summed E-state index contributed by atoms with van der Waals surface area (Å²) in [7, 11) is 0. The van der Waals surface area contributed by atoms with Gasteiger partial charge in [0.15, 0.2) is 0 Å². The van der Waals surface area contributed by atoms with Crippen LogP contribution in [0.25, 0.3) is 0 Å². The molecule has 0 spiro atoms. The molecule has 0 saturated carbocycles. The van der Waals surface area contributed by atoms with Crippen molar-refractivity contribution >= 4 is 23.3 Å². The number of urea groups is 1. The average Bonchev–Trinajstić information content (AvgIpc) is 2.86. The number of anilines is 2. The average molecular weight is 496 g/mol. The van der Waals surface area contributed by atoms with Crippen LogP contribution in [0.5, 0.6) is 0 Å². The minimum Gasteiger partial charge on any atom is -0.325 e. The van der Waals surface area contributed by atoms with Crippen LogP contribution in [0.2, 0.25) is 0 Å². The van der Waals surface area contributed by atoms with Gasteiger partial charge in [0.1, 0.15) is 0 Å². The van der Waals surface area contributed by atoms with E-state index in [2.05, 4.69) is 5.32 Å². The van der Waals surface area contributed by atoms with Crippen LogP contribution in [0, 0.1) is 0 Å². The van der Waals surface area contributed by atoms with Gasteiger partial charge in [0.2, 0.25) is 5.91 Å². The van der Waals surface area contributed by atoms with Crippen LogP contribution >= 0.6 is 0 Å². The Morgan fingerprint density at radius 2 is 1.72 bits per heavy atom. The van der Waals surface area contributed by atoms with E-state index in [4.69, 9.17) is 0 Å². The number of hydrogen-bond acceptors (Lipinski definition) is 2. The molecule has 3 amide bonds. The molecule has 0 bridgehead atoms. The molecule has 5 nitrogen and oxygen atoms in total. The van der Waals surface area contributed by atoms with E-state index in [1.165, 1.54) is 6.07 Å². The summed E-state index contributed by atoms with van der Waals surface area (Å²) in [5, 5.41) is 2.96. The third-order valence-corrected chi connectivity index (χ3v) is 6.29. The van der Waals surface area contributed by atoms with Gasteiger partial charge in [0.25, 0.3) is 0 Å². The minimum absolute atomic E-state index is 0.0882. The molecule has 4 rings (SSSR count). The number of nitrogens with one attached hydrogen (secondary N) is 1. The zero-order valence-corrected chi connectivity index (χ0v) is 20.0. The van der Waals surface area contributed by atoms with Gasteiger partial charge >= 0.3 is 12.2 Å². The van der Waals surface area contributed by atoms with Crippen LogP contribution in [-0.2, 0) is 17.5 Å². The fourth-order valence-corrected chi connectivity index (χ4v) is 4.47. The maximum absolute atomic E-state index is 13.2. The quantitative estimate of drug-likeness (QED) is 0.398. The Balaban J connectivity index is 1.47. The molecule has 1 fully saturated rings. The molecule has 1 heterocycles. The summed E-state index contributed by atoms with van der Waals surface area (Å²) < 4.78 is 39.3. The number of carbonyl (C=O) groups is 2. The van der Waals surface area contributed by atoms with Crippen molar-refractivity contribution in [1.29, 1.82) is 0 Å². The zero-order chi connectivity index (χ0) is 25.7. The van der Waals surface area contributed by atoms with E-state index in [0.29, 0.717) is 42.9 Å². The van der Waals surface area contributed by atoms with Crippen molar-refractivity contribution in [3.05, 3.63) is 95.6 Å². The molecule has 1 N–H and O–H groups in total. The van der Waals surface area contributed by atoms with Gasteiger partial charge in [-0.05, 0) is 54.3 Å². The van der Waals surface area contributed by atoms with Crippen LogP contribution in [0.15, 0.2) is 78.9 Å². The van der Waals surface area contributed by atoms with E-state index in [0.717, 1.165) is 17.7 Å². The first-order valence-electron chi connectivity index (χ1n) is 11.9. The van der Waals surface area contributed by atoms with E-state index in [1.54, 1.807) is 40.1 Å². The molecular formula is C28H28F3N3O2. The van der Waals surface area contributed by atoms with Crippen molar-refractivity contribution in [2.75, 3.05) is 23.3 Å². The highest BCUT2D eigenvalue weighted by atomic mass is 19.4. The van der Waals surface area contributed by atoms with Crippen molar-refractivity contribution < 1.29 is 22.8 Å². The van der Waals surface area contributed by atoms with Crippen LogP contribution in [-0.4, -0.2) is 29.9 Å². The van der Waals surface area contributed by atoms with Crippen molar-refractivity contribution in [3.63, 3.8) is 0 Å². The zero-order valence-electron chi connectivity index (χ0n) is 20.0. The summed E-state index contributed by atoms with van der Waals surface area (Å²) in [5.41, 5.74) is 1.83. The second kappa shape index (κ2) is 10.8. The Labute approximate surface area is 208 Å². The maximum atomic E-state index is 13.2. The molecule has 8 heteroatoms. The first kappa shape index (κ1) is 25.3. The normalized spacial score (nSPS) is 15.1. The molecule has 0 radical (unpaired) electrons. The Bertz CT molecular complexity index is 1210. The lowest BCUT2D eigenvalue weighted by Crippen LogP contribution is -2.49. The monoisotopic (exact) mass is 495 g/mol. The predicted molar refractivity (Wildman–Crippen MR) is 134 cm³/mol. The Hall–Kier alpha value is -3.81. The highest BCUT2D eigenvalue weighted by molar-refractivity contribution is 5.97. The van der Waals surface area contributed by atoms with Crippen LogP contribution in [0.4, 0.5) is 29.3 Å². The van der Waals surface area contributed by atoms with E-state index in [1.807, 2.05) is 37.3 Å². The molecule has 0 aliphatic carbocycles. The molecular weight excluding hydrogens is 467 g/mol. The van der Waals surface area contributed by atoms with Gasteiger partial charge in [0.05, 0.1) is 11.5 Å². The highest BCUT2D eigenvalue weighted by Crippen LogP contribution is 2.31. The summed E-state index contributed by atoms with van der Waals surface area (Å²) in [4.78, 5) is 29.3. The molecule has 1 aliphatic heterocycles. The second-order valence-electron chi connectivity index (χ2n) is 8.82. The summed E-state index contributed by atoms with van der Waals surface area (Å²) in [6, 6.07) is 21.4. The maximum Gasteiger partial charge on any atom is 0.416 e. The van der Waals surface area contributed by atoms with Gasteiger partial charge < -0.3 is 10.2 Å². The first-order chi connectivity index (χ1) is 17.3. The highest BCUT2D eigenvalue weighted by Gasteiger charge is 2.31. The van der Waals surface area contributed by atoms with Gasteiger partial charge in [-0.1, -0.05) is 55.5 Å². The second-order valence-corrected chi connectivity index (χ2v) is 8.82. The molecule has 36 heavy (non-hydrogen) atoms. The third-order valence-electron chi connectivity index (χ3n) is 6.29. The van der Waals surface area contributed by atoms with E-state index in [9.17, 15) is 22.8 Å². The molecule has 1 aliphatic rings. The van der Waals surface area contributed by atoms with E-state index < -0.39 is 11.7 Å². The van der Waals surface area contributed by atoms with Gasteiger partial charge in [-0.15, -0.1) is 0 Å². The van der Waals surface area contributed by atoms with Crippen LogP contribution in [0.1, 0.15) is 42.4 Å². The number of amides is 3. The fourth-order valence-electron chi connectivity index (χ4n) is 4.47. The smallest absolute Gasteiger partial charge is 0.325 e. The molecule has 188 valence electrons. The third kappa shape index (κ3) is 5.87. The minimum atomic E-state index is -4.43. The number of alkyl halides is 3. The van der Waals surface area contributed by atoms with Gasteiger partial charge in [-0.2, -0.15) is 13.2 Å². The van der Waals surface area contributed by atoms with E-state index >= 15 is 0 Å². The van der Waals surface area contributed by atoms with Gasteiger partial charge in [0, 0.05) is 31.0 Å². The molecule has 1 saturated heterocycles. The summed E-state index contributed by atoms with van der Waals surface area (Å²) in [5.74, 6) is -0.425. The van der Waals surface area contributed by atoms with Crippen molar-refractivity contribution in [1.82, 2.24) is 4.90 Å². The van der Waals surface area contributed by atoms with Gasteiger partial charge in [-0.3, -0.25) is 9.69 Å². The topological polar surface area (TPSA) is 52.7 Å². The Morgan fingerprint density at radius 1 is 0.972 bits per heavy atom. The summed E-state index contributed by atoms with van der Waals surface area (Å²) in [6.07, 6.45) is -3.12. The largest absolute Gasteiger partial charge is 0.416 e. The lowest BCUT2D eigenvalue weighted by Gasteiger charge is -2.36. The van der Waals surface area contributed by atoms with Crippen molar-refractivity contribution in [2.24, 2.45) is 0 Å². The molecule has 0 aromatic heterocycles. The molecule has 1 atom stereocenters. The number of benzene rings is 3. The first-order valence-corrected chi connectivity index (χ1v) is 11.9. The molecule has 3 aromatic carbocycles. The number of rotatable bonds is 7. The van der Waals surface area contributed by atoms with Gasteiger partial charge in [-0.25, -0.2) is 4.79 Å². The number of hydrogen-bond donors (Lipinski definition) is 1. The number of halogens is 3. The number of carbonyl (C=O) groups excluding carboxylic acids is 2. The van der Waals surface area contributed by atoms with Crippen LogP contribution < -0.4 is 10.2 Å². The summed E-state index contributed by atoms with van der Waals surface area (Å²) >= 11 is 0. The Kier molecular flexibility index (Phi) is 7.62. The van der Waals surface area contributed by atoms with Crippen LogP contribution in [0.3, 0.4) is 0 Å². The summed E-state index contributed by atoms with van der Waals surface area (Å²) in [6.45, 7) is 2.98. The SMILES string of the molecule is CCC(C(=O)Nc1cccc(N2CCCN(Cc3cccc(C(F)(F)F)c3)C2=O)c1)c1ccccc1. The number of nitrogens with zero attached hydrogens (tertiary/aromatic N) is 2. The predicted octanol–water partition coefficient (Wildman–Crippen LogP) is 6.67. The fraction of sp³-hybridized carbons (Fsp3) is 0.286. The van der Waals surface area contributed by atoms with Crippen molar-refractivity contribution in [2.45, 2.75) is 38.4 Å². The van der Waals surface area contributed by atoms with Crippen molar-refractivity contribution in [3.8, 4) is 0 Å². The lowest BCUT2D eigenvalue weighted by molar-refractivity contribution is -0.137. The molecule has 1 unspecified atom stereocenters. The van der Waals surface area contributed by atoms with E-state index in [-0.39, 0.29) is 24.4 Å². The Morgan fingerprint density at radius 3 is 2.44 bits per heavy atom. The standard InChI is InChI=1S/C28H28F3N3O2/c1-2-25(21-10-4-3-5-11-21)26(35)32-23-13-7-14-24(18-23)34-16-8-15-33(27(34)36)19-20-9-6-12-22(17-20)28(29,30)31/h3-7,9-14,17-18,25H,2,8,15-16,19H2,1H3,(H,32,35).